The lowest BCUT2D eigenvalue weighted by Crippen LogP contribution is -2.26. The summed E-state index contributed by atoms with van der Waals surface area (Å²) in [7, 11) is -7.37. The second-order valence-corrected chi connectivity index (χ2v) is 12.4. The molecule has 202 valence electrons. The molecule has 0 amide bonds. The van der Waals surface area contributed by atoms with Crippen molar-refractivity contribution >= 4 is 43.2 Å². The smallest absolute Gasteiger partial charge is 0.261 e. The summed E-state index contributed by atoms with van der Waals surface area (Å²) < 4.78 is 56.2. The minimum Gasteiger partial charge on any atom is -0.369 e. The van der Waals surface area contributed by atoms with Crippen LogP contribution in [0.3, 0.4) is 0 Å². The number of nitrogens with one attached hydrogen (secondary N) is 4. The molecule has 1 aliphatic heterocycles. The highest BCUT2D eigenvalue weighted by Gasteiger charge is 2.17. The summed E-state index contributed by atoms with van der Waals surface area (Å²) in [5.74, 6) is 0.872. The molecule has 3 aromatic carbocycles. The Bertz CT molecular complexity index is 1710. The lowest BCUT2D eigenvalue weighted by atomic mass is 10.1. The van der Waals surface area contributed by atoms with Gasteiger partial charge in [0.1, 0.15) is 5.82 Å². The summed E-state index contributed by atoms with van der Waals surface area (Å²) in [5, 5.41) is 6.34. The van der Waals surface area contributed by atoms with Gasteiger partial charge in [-0.1, -0.05) is 37.3 Å². The van der Waals surface area contributed by atoms with Gasteiger partial charge in [-0.25, -0.2) is 26.5 Å². The first-order valence-electron chi connectivity index (χ1n) is 12.4. The normalized spacial score (nSPS) is 15.0. The molecule has 0 atom stereocenters. The Morgan fingerprint density at radius 3 is 2.56 bits per heavy atom. The van der Waals surface area contributed by atoms with Gasteiger partial charge < -0.3 is 10.6 Å². The van der Waals surface area contributed by atoms with Crippen LogP contribution in [0.5, 0.6) is 0 Å². The van der Waals surface area contributed by atoms with Crippen LogP contribution in [0.2, 0.25) is 0 Å². The molecule has 0 fully saturated rings. The number of anilines is 4. The quantitative estimate of drug-likeness (QED) is 0.280. The Morgan fingerprint density at radius 2 is 1.77 bits per heavy atom. The van der Waals surface area contributed by atoms with E-state index in [9.17, 15) is 16.8 Å². The number of rotatable bonds is 5. The number of aromatic nitrogens is 2. The summed E-state index contributed by atoms with van der Waals surface area (Å²) in [6.45, 7) is 2.71. The molecular weight excluding hydrogens is 536 g/mol. The van der Waals surface area contributed by atoms with Gasteiger partial charge >= 0.3 is 0 Å². The van der Waals surface area contributed by atoms with E-state index < -0.39 is 20.0 Å². The number of fused-ring (bicyclic) bond motifs is 4. The zero-order valence-corrected chi connectivity index (χ0v) is 22.8. The zero-order chi connectivity index (χ0) is 27.5. The maximum Gasteiger partial charge on any atom is 0.261 e. The molecule has 12 heteroatoms. The molecule has 5 rings (SSSR count). The van der Waals surface area contributed by atoms with Gasteiger partial charge in [-0.3, -0.25) is 4.72 Å². The van der Waals surface area contributed by atoms with E-state index in [1.165, 1.54) is 12.1 Å². The topological polar surface area (TPSA) is 142 Å². The Morgan fingerprint density at radius 1 is 0.974 bits per heavy atom. The highest BCUT2D eigenvalue weighted by atomic mass is 32.2. The summed E-state index contributed by atoms with van der Waals surface area (Å²) in [6.07, 6.45) is 2.95. The van der Waals surface area contributed by atoms with Crippen LogP contribution in [0.25, 0.3) is 11.1 Å². The Balaban J connectivity index is 1.40. The number of nitrogens with zero attached hydrogens (tertiary/aromatic N) is 2. The lowest BCUT2D eigenvalue weighted by Gasteiger charge is -2.14. The minimum absolute atomic E-state index is 0.158. The average Bonchev–Trinajstić information content (AvgIpc) is 2.93. The van der Waals surface area contributed by atoms with Gasteiger partial charge in [0.25, 0.3) is 10.0 Å². The predicted octanol–water partition coefficient (Wildman–Crippen LogP) is 4.34. The number of aryl methyl sites for hydroxylation is 1. The first kappa shape index (κ1) is 26.6. The van der Waals surface area contributed by atoms with Gasteiger partial charge in [0, 0.05) is 36.2 Å². The van der Waals surface area contributed by atoms with Crippen molar-refractivity contribution in [3.8, 4) is 11.1 Å². The third-order valence-electron chi connectivity index (χ3n) is 6.19. The fourth-order valence-corrected chi connectivity index (χ4v) is 6.36. The summed E-state index contributed by atoms with van der Waals surface area (Å²) in [5.41, 5.74) is 3.41. The molecule has 1 aliphatic rings. The van der Waals surface area contributed by atoms with E-state index in [1.54, 1.807) is 60.8 Å². The van der Waals surface area contributed by atoms with Crippen molar-refractivity contribution in [2.75, 3.05) is 28.4 Å². The summed E-state index contributed by atoms with van der Waals surface area (Å²) in [6, 6.07) is 20.3. The zero-order valence-electron chi connectivity index (χ0n) is 21.2. The molecule has 0 unspecified atom stereocenters. The second-order valence-electron chi connectivity index (χ2n) is 8.97. The SMILES string of the molecule is CCc1cccc(S(=O)(=O)Nc2ccc(-c3cnc4nc3NCCCNS(=O)(=O)c3cccc(c3)N4)cc2)c1. The van der Waals surface area contributed by atoms with Gasteiger partial charge in [0.05, 0.1) is 9.79 Å². The molecule has 0 saturated carbocycles. The van der Waals surface area contributed by atoms with Crippen molar-refractivity contribution in [3.05, 3.63) is 84.6 Å². The largest absolute Gasteiger partial charge is 0.369 e. The highest BCUT2D eigenvalue weighted by Crippen LogP contribution is 2.30. The van der Waals surface area contributed by atoms with Crippen LogP contribution in [-0.2, 0) is 26.5 Å². The van der Waals surface area contributed by atoms with E-state index in [0.29, 0.717) is 36.1 Å². The van der Waals surface area contributed by atoms with Crippen LogP contribution in [0.1, 0.15) is 18.9 Å². The molecule has 4 N–H and O–H groups in total. The third-order valence-corrected chi connectivity index (χ3v) is 9.03. The van der Waals surface area contributed by atoms with Crippen LogP contribution < -0.4 is 20.1 Å². The Kier molecular flexibility index (Phi) is 7.51. The van der Waals surface area contributed by atoms with E-state index >= 15 is 0 Å². The number of benzene rings is 3. The number of hydrogen-bond donors (Lipinski definition) is 4. The van der Waals surface area contributed by atoms with Crippen LogP contribution >= 0.6 is 0 Å². The van der Waals surface area contributed by atoms with Gasteiger partial charge in [-0.15, -0.1) is 0 Å². The first-order valence-corrected chi connectivity index (χ1v) is 15.4. The summed E-state index contributed by atoms with van der Waals surface area (Å²) >= 11 is 0. The fourth-order valence-electron chi connectivity index (χ4n) is 4.11. The predicted molar refractivity (Wildman–Crippen MR) is 152 cm³/mol. The molecule has 4 bridgehead atoms. The monoisotopic (exact) mass is 564 g/mol. The van der Waals surface area contributed by atoms with Gasteiger partial charge in [0.2, 0.25) is 16.0 Å². The fraction of sp³-hybridized carbons (Fsp3) is 0.185. The molecule has 0 aliphatic carbocycles. The molecule has 4 aromatic rings. The van der Waals surface area contributed by atoms with E-state index in [4.69, 9.17) is 0 Å². The van der Waals surface area contributed by atoms with Crippen LogP contribution in [0, 0.1) is 0 Å². The van der Waals surface area contributed by atoms with E-state index in [1.807, 2.05) is 13.0 Å². The standard InChI is InChI=1S/C27H28N6O4S2/c1-2-19-6-3-8-23(16-19)39(36,37)33-21-12-10-20(11-13-21)25-18-29-27-31-22-7-4-9-24(17-22)38(34,35)30-15-5-14-28-26(25)32-27/h3-4,6-13,16-18,30,33H,2,5,14-15H2,1H3,(H2,28,29,31,32). The van der Waals surface area contributed by atoms with Crippen molar-refractivity contribution in [3.63, 3.8) is 0 Å². The Labute approximate surface area is 228 Å². The Hall–Kier alpha value is -4.00. The second kappa shape index (κ2) is 11.0. The average molecular weight is 565 g/mol. The van der Waals surface area contributed by atoms with E-state index in [0.717, 1.165) is 23.1 Å². The van der Waals surface area contributed by atoms with Gasteiger partial charge in [0.15, 0.2) is 0 Å². The van der Waals surface area contributed by atoms with Gasteiger partial charge in [-0.2, -0.15) is 4.98 Å². The number of sulfonamides is 2. The maximum atomic E-state index is 12.9. The van der Waals surface area contributed by atoms with Crippen LogP contribution in [-0.4, -0.2) is 39.9 Å². The number of hydrogen-bond acceptors (Lipinski definition) is 8. The van der Waals surface area contributed by atoms with Crippen molar-refractivity contribution in [2.45, 2.75) is 29.6 Å². The molecule has 2 heterocycles. The molecule has 1 aromatic heterocycles. The molecule has 0 radical (unpaired) electrons. The molecule has 0 spiro atoms. The first-order chi connectivity index (χ1) is 18.7. The van der Waals surface area contributed by atoms with Crippen molar-refractivity contribution in [1.29, 1.82) is 0 Å². The molecule has 39 heavy (non-hydrogen) atoms. The van der Waals surface area contributed by atoms with E-state index in [2.05, 4.69) is 30.0 Å². The third kappa shape index (κ3) is 6.19. The molecule has 10 nitrogen and oxygen atoms in total. The van der Waals surface area contributed by atoms with Crippen LogP contribution in [0.4, 0.5) is 23.1 Å². The summed E-state index contributed by atoms with van der Waals surface area (Å²) in [4.78, 5) is 9.42. The maximum absolute atomic E-state index is 12.9. The van der Waals surface area contributed by atoms with Gasteiger partial charge in [-0.05, 0) is 66.4 Å². The van der Waals surface area contributed by atoms with Crippen molar-refractivity contribution < 1.29 is 16.8 Å². The van der Waals surface area contributed by atoms with Crippen LogP contribution in [0.15, 0.2) is 88.8 Å². The lowest BCUT2D eigenvalue weighted by molar-refractivity contribution is 0.580. The van der Waals surface area contributed by atoms with Crippen molar-refractivity contribution in [2.24, 2.45) is 0 Å². The van der Waals surface area contributed by atoms with E-state index in [-0.39, 0.29) is 16.3 Å². The van der Waals surface area contributed by atoms with Crippen molar-refractivity contribution in [1.82, 2.24) is 14.7 Å². The minimum atomic E-state index is -3.73. The molecular formula is C27H28N6O4S2. The molecule has 0 saturated heterocycles. The highest BCUT2D eigenvalue weighted by molar-refractivity contribution is 7.92.